The molecule has 0 bridgehead atoms. The Morgan fingerprint density at radius 3 is 1.44 bits per heavy atom. The molecule has 2 aliphatic rings. The zero-order valence-corrected chi connectivity index (χ0v) is 56.2. The highest BCUT2D eigenvalue weighted by atomic mass is 16.6. The van der Waals surface area contributed by atoms with Crippen molar-refractivity contribution in [2.45, 2.75) is 88.2 Å². The van der Waals surface area contributed by atoms with E-state index in [4.69, 9.17) is 88.6 Å². The molecule has 0 saturated carbocycles. The van der Waals surface area contributed by atoms with Gasteiger partial charge in [0, 0.05) is 73.1 Å². The summed E-state index contributed by atoms with van der Waals surface area (Å²) in [6.07, 6.45) is -7.44. The van der Waals surface area contributed by atoms with Crippen molar-refractivity contribution < 1.29 is 126 Å². The van der Waals surface area contributed by atoms with E-state index < -0.39 is 127 Å². The maximum atomic E-state index is 13.5. The van der Waals surface area contributed by atoms with Crippen LogP contribution in [-0.2, 0) is 98.6 Å². The van der Waals surface area contributed by atoms with Crippen LogP contribution in [0.5, 0.6) is 0 Å². The Hall–Kier alpha value is -7.42. The van der Waals surface area contributed by atoms with Crippen molar-refractivity contribution in [3.8, 4) is 0 Å². The molecule has 0 fully saturated rings. The largest absolute Gasteiger partial charge is 0.479 e. The maximum absolute atomic E-state index is 13.5. The molecule has 560 valence electrons. The maximum Gasteiger partial charge on any atom is 0.410 e. The summed E-state index contributed by atoms with van der Waals surface area (Å²) in [7, 11) is 4.33. The van der Waals surface area contributed by atoms with Crippen LogP contribution in [0.25, 0.3) is 0 Å². The van der Waals surface area contributed by atoms with Gasteiger partial charge < -0.3 is 139 Å². The molecule has 16 N–H and O–H groups in total. The number of carbonyl (C=O) groups is 6. The summed E-state index contributed by atoms with van der Waals surface area (Å²) in [6, 6.07) is -3.33. The number of carboxylic acid groups (broad SMARTS) is 2. The van der Waals surface area contributed by atoms with Crippen LogP contribution in [0.4, 0.5) is 9.59 Å². The Bertz CT molecular complexity index is 2580. The van der Waals surface area contributed by atoms with Crippen LogP contribution in [0.1, 0.15) is 26.0 Å². The van der Waals surface area contributed by atoms with Crippen LogP contribution in [0.15, 0.2) is 29.9 Å². The highest BCUT2D eigenvalue weighted by Gasteiger charge is 2.47. The third-order valence-electron chi connectivity index (χ3n) is 14.4. The molecule has 0 saturated heterocycles. The van der Waals surface area contributed by atoms with Gasteiger partial charge in [-0.3, -0.25) is 25.3 Å². The molecule has 10 atom stereocenters. The number of aliphatic hydroxyl groups is 4. The number of guanidine groups is 2. The number of hydrogen-bond acceptors (Lipinski definition) is 29. The van der Waals surface area contributed by atoms with Crippen molar-refractivity contribution >= 4 is 47.9 Å². The van der Waals surface area contributed by atoms with E-state index in [2.05, 4.69) is 31.6 Å². The van der Waals surface area contributed by atoms with Crippen LogP contribution >= 0.6 is 0 Å². The minimum Gasteiger partial charge on any atom is -0.479 e. The topological polar surface area (TPSA) is 541 Å². The number of aromatic nitrogens is 3. The van der Waals surface area contributed by atoms with Crippen LogP contribution in [0.2, 0.25) is 0 Å². The van der Waals surface area contributed by atoms with Crippen molar-refractivity contribution in [1.82, 2.24) is 51.0 Å². The minimum absolute atomic E-state index is 0.00950. The highest BCUT2D eigenvalue weighted by Crippen LogP contribution is 2.30. The molecule has 40 heteroatoms. The number of aliphatic carboxylic acids is 2. The molecule has 1 aromatic rings. The fraction of sp³-hybridized carbons (Fsp3) is 0.759. The summed E-state index contributed by atoms with van der Waals surface area (Å²) in [5.41, 5.74) is 11.7. The number of nitrogens with one attached hydrogen (secondary N) is 6. The molecule has 3 rings (SSSR count). The lowest BCUT2D eigenvalue weighted by molar-refractivity contribution is -0.148. The molecule has 4 amide bonds. The van der Waals surface area contributed by atoms with Crippen molar-refractivity contribution in [3.63, 3.8) is 0 Å². The normalized spacial score (nSPS) is 18.7. The molecule has 3 heterocycles. The molecule has 1 aromatic heterocycles. The van der Waals surface area contributed by atoms with Gasteiger partial charge in [-0.05, 0) is 12.2 Å². The molecule has 0 aliphatic carbocycles. The minimum atomic E-state index is -1.84. The van der Waals surface area contributed by atoms with Gasteiger partial charge >= 0.3 is 24.1 Å². The van der Waals surface area contributed by atoms with Gasteiger partial charge in [-0.25, -0.2) is 23.9 Å². The fourth-order valence-electron chi connectivity index (χ4n) is 9.11. The second kappa shape index (κ2) is 49.2. The Kier molecular flexibility index (Phi) is 42.5. The number of carboxylic acids is 2. The zero-order valence-electron chi connectivity index (χ0n) is 56.2. The molecule has 0 spiro atoms. The van der Waals surface area contributed by atoms with E-state index in [1.54, 1.807) is 24.9 Å². The van der Waals surface area contributed by atoms with E-state index in [-0.39, 0.29) is 71.9 Å². The average molecular weight is 1410 g/mol. The first-order valence-electron chi connectivity index (χ1n) is 31.7. The van der Waals surface area contributed by atoms with E-state index >= 15 is 0 Å². The van der Waals surface area contributed by atoms with Crippen molar-refractivity contribution in [3.05, 3.63) is 35.6 Å². The van der Waals surface area contributed by atoms with Crippen LogP contribution in [0, 0.1) is 16.7 Å². The molecule has 2 aliphatic heterocycles. The molecular formula is C58H102N14O26. The molecular weight excluding hydrogens is 1310 g/mol. The number of nitrogens with zero attached hydrogens (tertiary/aromatic N) is 6. The number of amides is 4. The number of rotatable bonds is 54. The van der Waals surface area contributed by atoms with E-state index in [0.29, 0.717) is 118 Å². The summed E-state index contributed by atoms with van der Waals surface area (Å²) >= 11 is 0. The van der Waals surface area contributed by atoms with Crippen molar-refractivity contribution in [1.29, 1.82) is 10.8 Å². The Morgan fingerprint density at radius 2 is 0.990 bits per heavy atom. The lowest BCUT2D eigenvalue weighted by atomic mass is 9.87. The second-order valence-corrected chi connectivity index (χ2v) is 21.9. The Balaban J connectivity index is 1.44. The van der Waals surface area contributed by atoms with E-state index in [1.165, 1.54) is 20.2 Å². The van der Waals surface area contributed by atoms with Gasteiger partial charge in [0.05, 0.1) is 176 Å². The molecule has 0 unspecified atom stereocenters. The third-order valence-corrected chi connectivity index (χ3v) is 14.4. The number of likely N-dealkylation sites (N-methyl/N-ethyl adjacent to an activating group) is 2. The summed E-state index contributed by atoms with van der Waals surface area (Å²) in [4.78, 5) is 78.4. The predicted molar refractivity (Wildman–Crippen MR) is 340 cm³/mol. The monoisotopic (exact) mass is 1410 g/mol. The van der Waals surface area contributed by atoms with Gasteiger partial charge in [-0.1, -0.05) is 12.1 Å². The van der Waals surface area contributed by atoms with Gasteiger partial charge in [0.25, 0.3) is 0 Å². The molecule has 0 radical (unpaired) electrons. The number of aliphatic hydroxyl groups excluding tert-OH is 4. The fourth-order valence-corrected chi connectivity index (χ4v) is 9.11. The van der Waals surface area contributed by atoms with E-state index in [0.717, 1.165) is 22.8 Å². The van der Waals surface area contributed by atoms with Crippen molar-refractivity contribution in [2.75, 3.05) is 193 Å². The summed E-state index contributed by atoms with van der Waals surface area (Å²) in [6.45, 7) is 8.18. The third kappa shape index (κ3) is 34.4. The van der Waals surface area contributed by atoms with Crippen LogP contribution < -0.4 is 32.7 Å². The first-order chi connectivity index (χ1) is 47.0. The molecule has 40 nitrogen and oxygen atoms in total. The quantitative estimate of drug-likeness (QED) is 0.0164. The summed E-state index contributed by atoms with van der Waals surface area (Å²) in [5.74, 6) is -6.75. The molecule has 0 aromatic carbocycles. The Labute approximate surface area is 567 Å². The number of carbonyl (C=O) groups excluding carboxylic acids is 4. The number of hydrogen-bond donors (Lipinski definition) is 14. The molecule has 98 heavy (non-hydrogen) atoms. The van der Waals surface area contributed by atoms with Gasteiger partial charge in [0.2, 0.25) is 23.3 Å². The second-order valence-electron chi connectivity index (χ2n) is 21.9. The summed E-state index contributed by atoms with van der Waals surface area (Å²) < 4.78 is 80.5. The van der Waals surface area contributed by atoms with E-state index in [1.807, 2.05) is 4.90 Å². The SMILES string of the molecule is CNC(=O)CCOCCOCCOCCOCCn1cc(COCCOCCOCCOCCN(CCOCCN(C)C(=O)O[C@@H]([C@@H]2OC(C(=O)O)=C[C@H](NC(=N)N)[C@H]2C)[C@H](O)CO)CCOCCN(C)C(=O)O[C@@H]([C@@H]2OC(C(=O)O)=C[C@H](NC(=N)N)[C@H]2NC(C)=O)[C@H](O)CO)nn1. The highest BCUT2D eigenvalue weighted by molar-refractivity contribution is 5.86. The standard InChI is InChI=1S/C58H102N14O26/c1-38-41(65-55(59)60)32-45(53(79)80)95-49(38)50(43(76)35-73)97-57(83)69(4)7-14-86-16-9-71(10-17-87-15-8-70(5)58(84)98-51(44(77)36-74)52-48(64-39(2)75)42(66-56(61)62)33-46(96-52)54(81)82)11-18-88-21-24-91-28-29-93-30-31-94-37-40-34-72(68-67-40)12-19-89-22-25-92-27-26-90-23-20-85-13-6-47(78)63-3/h32-34,38,41-44,48-52,73-74,76-77H,6-31,35-37H2,1-5H3,(H,63,78)(H,64,75)(H,79,80)(H,81,82)(H4,59,60,65)(H4,61,62,66)/t38-,41+,42+,43-,44-,48-,49-,50-,51-,52-/m1/s1. The smallest absolute Gasteiger partial charge is 0.410 e. The predicted octanol–water partition coefficient (Wildman–Crippen LogP) is -5.46. The van der Waals surface area contributed by atoms with Crippen LogP contribution in [-0.4, -0.2) is 356 Å². The zero-order chi connectivity index (χ0) is 72.2. The Morgan fingerprint density at radius 1 is 0.592 bits per heavy atom. The van der Waals surface area contributed by atoms with Crippen molar-refractivity contribution in [2.24, 2.45) is 17.4 Å². The average Bonchev–Trinajstić information content (AvgIpc) is 1.13. The number of nitrogens with two attached hydrogens (primary N) is 2. The van der Waals surface area contributed by atoms with Crippen LogP contribution in [0.3, 0.4) is 0 Å². The van der Waals surface area contributed by atoms with Gasteiger partial charge in [0.1, 0.15) is 24.0 Å². The van der Waals surface area contributed by atoms with Gasteiger partial charge in [-0.2, -0.15) is 0 Å². The first-order valence-corrected chi connectivity index (χ1v) is 31.7. The van der Waals surface area contributed by atoms with E-state index in [9.17, 15) is 59.4 Å². The lowest BCUT2D eigenvalue weighted by Crippen LogP contribution is -2.65. The van der Waals surface area contributed by atoms with Gasteiger partial charge in [-0.15, -0.1) is 5.10 Å². The summed E-state index contributed by atoms with van der Waals surface area (Å²) in [5, 5.41) is 94.6. The first kappa shape index (κ1) is 84.8. The van der Waals surface area contributed by atoms with Gasteiger partial charge in [0.15, 0.2) is 30.2 Å². The lowest BCUT2D eigenvalue weighted by Gasteiger charge is -2.41. The number of ether oxygens (including phenoxy) is 14.